The molecule has 0 bridgehead atoms. The van der Waals surface area contributed by atoms with Gasteiger partial charge in [-0.1, -0.05) is 42.5 Å². The molecule has 1 saturated heterocycles. The van der Waals surface area contributed by atoms with Gasteiger partial charge in [-0.15, -0.1) is 11.3 Å². The summed E-state index contributed by atoms with van der Waals surface area (Å²) in [4.78, 5) is 35.3. The van der Waals surface area contributed by atoms with Crippen molar-refractivity contribution in [3.63, 3.8) is 0 Å². The molecule has 2 N–H and O–H groups in total. The van der Waals surface area contributed by atoms with Crippen LogP contribution >= 0.6 is 11.3 Å². The van der Waals surface area contributed by atoms with E-state index in [0.29, 0.717) is 5.69 Å². The van der Waals surface area contributed by atoms with Gasteiger partial charge in [0.05, 0.1) is 18.3 Å². The first kappa shape index (κ1) is 24.1. The fourth-order valence-corrected chi connectivity index (χ4v) is 5.31. The van der Waals surface area contributed by atoms with Crippen molar-refractivity contribution in [3.8, 4) is 0 Å². The van der Waals surface area contributed by atoms with Crippen molar-refractivity contribution in [2.75, 3.05) is 26.2 Å². The number of benzene rings is 1. The van der Waals surface area contributed by atoms with Crippen LogP contribution in [0.5, 0.6) is 0 Å². The summed E-state index contributed by atoms with van der Waals surface area (Å²) in [5.41, 5.74) is 2.03. The van der Waals surface area contributed by atoms with Crippen molar-refractivity contribution in [2.24, 2.45) is 0 Å². The number of hydrogen-bond acceptors (Lipinski definition) is 6. The van der Waals surface area contributed by atoms with Gasteiger partial charge >= 0.3 is 11.8 Å². The SMILES string of the molecule is C[C@H](NC(=O)C(=O)NCc1ccccn1)[C@@H](c1cccs1)N1CCN(Cc2ccccc2)CC1. The molecule has 1 aromatic carbocycles. The molecule has 3 aromatic rings. The second-order valence-corrected chi connectivity index (χ2v) is 9.50. The Morgan fingerprint density at radius 1 is 0.971 bits per heavy atom. The van der Waals surface area contributed by atoms with E-state index in [4.69, 9.17) is 0 Å². The number of carbonyl (C=O) groups is 2. The maximum absolute atomic E-state index is 12.6. The van der Waals surface area contributed by atoms with Crippen molar-refractivity contribution in [1.29, 1.82) is 0 Å². The van der Waals surface area contributed by atoms with Gasteiger partial charge in [-0.05, 0) is 36.1 Å². The molecule has 0 saturated carbocycles. The highest BCUT2D eigenvalue weighted by Crippen LogP contribution is 2.29. The van der Waals surface area contributed by atoms with Gasteiger partial charge < -0.3 is 10.6 Å². The number of amides is 2. The van der Waals surface area contributed by atoms with E-state index < -0.39 is 11.8 Å². The van der Waals surface area contributed by atoms with Crippen LogP contribution in [-0.4, -0.2) is 58.8 Å². The fraction of sp³-hybridized carbons (Fsp3) is 0.346. The van der Waals surface area contributed by atoms with E-state index in [0.717, 1.165) is 32.7 Å². The molecule has 8 heteroatoms. The van der Waals surface area contributed by atoms with Gasteiger partial charge in [0.2, 0.25) is 0 Å². The van der Waals surface area contributed by atoms with Gasteiger partial charge in [-0.3, -0.25) is 24.4 Å². The lowest BCUT2D eigenvalue weighted by molar-refractivity contribution is -0.140. The molecule has 2 atom stereocenters. The number of thiophene rings is 1. The largest absolute Gasteiger partial charge is 0.343 e. The van der Waals surface area contributed by atoms with Crippen LogP contribution in [0.3, 0.4) is 0 Å². The summed E-state index contributed by atoms with van der Waals surface area (Å²) in [5.74, 6) is -1.26. The highest BCUT2D eigenvalue weighted by molar-refractivity contribution is 7.10. The average Bonchev–Trinajstić information content (AvgIpc) is 3.39. The molecule has 2 aromatic heterocycles. The lowest BCUT2D eigenvalue weighted by atomic mass is 10.0. The minimum absolute atomic E-state index is 0.0198. The summed E-state index contributed by atoms with van der Waals surface area (Å²) >= 11 is 1.68. The summed E-state index contributed by atoms with van der Waals surface area (Å²) in [6.45, 7) is 6.87. The molecule has 3 heterocycles. The maximum atomic E-state index is 12.6. The second-order valence-electron chi connectivity index (χ2n) is 8.52. The number of nitrogens with one attached hydrogen (secondary N) is 2. The second kappa shape index (κ2) is 11.9. The zero-order chi connectivity index (χ0) is 23.8. The van der Waals surface area contributed by atoms with Crippen LogP contribution in [0.15, 0.2) is 72.2 Å². The molecule has 1 aliphatic heterocycles. The number of piperazine rings is 1. The number of rotatable bonds is 8. The normalized spacial score (nSPS) is 16.5. The molecule has 4 rings (SSSR count). The third kappa shape index (κ3) is 6.50. The number of nitrogens with zero attached hydrogens (tertiary/aromatic N) is 3. The van der Waals surface area contributed by atoms with Crippen molar-refractivity contribution in [3.05, 3.63) is 88.4 Å². The zero-order valence-electron chi connectivity index (χ0n) is 19.4. The molecule has 0 radical (unpaired) electrons. The number of hydrogen-bond donors (Lipinski definition) is 2. The third-order valence-corrected chi connectivity index (χ3v) is 7.02. The molecule has 34 heavy (non-hydrogen) atoms. The van der Waals surface area contributed by atoms with E-state index in [1.807, 2.05) is 37.3 Å². The Kier molecular flexibility index (Phi) is 8.41. The Bertz CT molecular complexity index is 1040. The Balaban J connectivity index is 1.34. The van der Waals surface area contributed by atoms with Gasteiger partial charge in [0.15, 0.2) is 0 Å². The molecule has 1 aliphatic rings. The van der Waals surface area contributed by atoms with Crippen LogP contribution < -0.4 is 10.6 Å². The molecule has 0 spiro atoms. The van der Waals surface area contributed by atoms with Gasteiger partial charge in [0.1, 0.15) is 0 Å². The van der Waals surface area contributed by atoms with E-state index in [2.05, 4.69) is 61.1 Å². The van der Waals surface area contributed by atoms with Crippen LogP contribution in [0, 0.1) is 0 Å². The minimum Gasteiger partial charge on any atom is -0.343 e. The van der Waals surface area contributed by atoms with Crippen molar-refractivity contribution < 1.29 is 9.59 Å². The van der Waals surface area contributed by atoms with Crippen LogP contribution in [0.1, 0.15) is 29.1 Å². The average molecular weight is 478 g/mol. The summed E-state index contributed by atoms with van der Waals surface area (Å²) in [6.07, 6.45) is 1.66. The van der Waals surface area contributed by atoms with Crippen LogP contribution in [-0.2, 0) is 22.7 Å². The number of aromatic nitrogens is 1. The maximum Gasteiger partial charge on any atom is 0.309 e. The van der Waals surface area contributed by atoms with Crippen molar-refractivity contribution >= 4 is 23.2 Å². The smallest absolute Gasteiger partial charge is 0.309 e. The predicted octanol–water partition coefficient (Wildman–Crippen LogP) is 2.82. The topological polar surface area (TPSA) is 77.6 Å². The van der Waals surface area contributed by atoms with E-state index in [1.54, 1.807) is 17.5 Å². The van der Waals surface area contributed by atoms with Crippen LogP contribution in [0.2, 0.25) is 0 Å². The molecular weight excluding hydrogens is 446 g/mol. The van der Waals surface area contributed by atoms with E-state index in [9.17, 15) is 9.59 Å². The lowest BCUT2D eigenvalue weighted by Crippen LogP contribution is -2.53. The lowest BCUT2D eigenvalue weighted by Gasteiger charge is -2.41. The van der Waals surface area contributed by atoms with E-state index >= 15 is 0 Å². The van der Waals surface area contributed by atoms with E-state index in [1.165, 1.54) is 10.4 Å². The Morgan fingerprint density at radius 3 is 2.41 bits per heavy atom. The molecule has 2 amide bonds. The third-order valence-electron chi connectivity index (χ3n) is 6.08. The summed E-state index contributed by atoms with van der Waals surface area (Å²) < 4.78 is 0. The monoisotopic (exact) mass is 477 g/mol. The predicted molar refractivity (Wildman–Crippen MR) is 134 cm³/mol. The Morgan fingerprint density at radius 2 is 1.74 bits per heavy atom. The first-order valence-corrected chi connectivity index (χ1v) is 12.5. The quantitative estimate of drug-likeness (QED) is 0.488. The van der Waals surface area contributed by atoms with Gasteiger partial charge in [0.25, 0.3) is 0 Å². The van der Waals surface area contributed by atoms with Gasteiger partial charge in [0, 0.05) is 49.8 Å². The molecule has 178 valence electrons. The standard InChI is InChI=1S/C26H31N5O2S/c1-20(29-26(33)25(32)28-18-22-10-5-6-12-27-22)24(23-11-7-17-34-23)31-15-13-30(14-16-31)19-21-8-3-2-4-9-21/h2-12,17,20,24H,13-16,18-19H2,1H3,(H,28,32)(H,29,33)/t20-,24-/m0/s1. The molecule has 0 aliphatic carbocycles. The summed E-state index contributed by atoms with van der Waals surface area (Å²) in [6, 6.07) is 19.9. The highest BCUT2D eigenvalue weighted by atomic mass is 32.1. The van der Waals surface area contributed by atoms with Crippen molar-refractivity contribution in [2.45, 2.75) is 32.1 Å². The van der Waals surface area contributed by atoms with E-state index in [-0.39, 0.29) is 18.6 Å². The Hall–Kier alpha value is -3.07. The first-order valence-electron chi connectivity index (χ1n) is 11.6. The number of pyridine rings is 1. The number of carbonyl (C=O) groups excluding carboxylic acids is 2. The van der Waals surface area contributed by atoms with Gasteiger partial charge in [-0.2, -0.15) is 0 Å². The molecule has 1 fully saturated rings. The molecule has 0 unspecified atom stereocenters. The summed E-state index contributed by atoms with van der Waals surface area (Å²) in [7, 11) is 0. The highest BCUT2D eigenvalue weighted by Gasteiger charge is 2.31. The fourth-order valence-electron chi connectivity index (χ4n) is 4.35. The van der Waals surface area contributed by atoms with Crippen LogP contribution in [0.25, 0.3) is 0 Å². The summed E-state index contributed by atoms with van der Waals surface area (Å²) in [5, 5.41) is 7.65. The van der Waals surface area contributed by atoms with Gasteiger partial charge in [-0.25, -0.2) is 0 Å². The van der Waals surface area contributed by atoms with Crippen molar-refractivity contribution in [1.82, 2.24) is 25.4 Å². The first-order chi connectivity index (χ1) is 16.6. The van der Waals surface area contributed by atoms with Crippen LogP contribution in [0.4, 0.5) is 0 Å². The minimum atomic E-state index is -0.643. The molecular formula is C26H31N5O2S. The zero-order valence-corrected chi connectivity index (χ0v) is 20.2. The molecule has 7 nitrogen and oxygen atoms in total. The Labute approximate surface area is 204 Å².